The van der Waals surface area contributed by atoms with Gasteiger partial charge >= 0.3 is 0 Å². The van der Waals surface area contributed by atoms with Crippen LogP contribution in [0, 0.1) is 0 Å². The van der Waals surface area contributed by atoms with Gasteiger partial charge in [0.25, 0.3) is 0 Å². The van der Waals surface area contributed by atoms with Crippen LogP contribution in [0.3, 0.4) is 0 Å². The first-order valence-corrected chi connectivity index (χ1v) is 15.8. The van der Waals surface area contributed by atoms with Crippen molar-refractivity contribution >= 4 is 32.7 Å². The second kappa shape index (κ2) is 11.2. The van der Waals surface area contributed by atoms with E-state index in [9.17, 15) is 0 Å². The standard InChI is InChI=1S/C44H28N2O/c1-4-14-29(15-5-1)33-24-34(38-27-32-20-10-11-21-36(32)43-42(38)37-22-12-13-23-41(37)47-43)26-35(25-33)40-28-39(30-16-6-2-7-17-30)45-44(46-40)31-18-8-3-9-19-31/h1-28H. The van der Waals surface area contributed by atoms with Crippen molar-refractivity contribution in [1.29, 1.82) is 0 Å². The molecule has 9 aromatic rings. The summed E-state index contributed by atoms with van der Waals surface area (Å²) in [5.41, 5.74) is 11.1. The van der Waals surface area contributed by atoms with Crippen LogP contribution in [-0.4, -0.2) is 9.97 Å². The molecule has 0 N–H and O–H groups in total. The van der Waals surface area contributed by atoms with E-state index in [1.807, 2.05) is 42.5 Å². The quantitative estimate of drug-likeness (QED) is 0.197. The Hall–Kier alpha value is -6.32. The Morgan fingerprint density at radius 2 is 0.936 bits per heavy atom. The average molecular weight is 601 g/mol. The summed E-state index contributed by atoms with van der Waals surface area (Å²) in [6, 6.07) is 59.1. The zero-order valence-electron chi connectivity index (χ0n) is 25.5. The maximum Gasteiger partial charge on any atom is 0.160 e. The van der Waals surface area contributed by atoms with Gasteiger partial charge < -0.3 is 4.42 Å². The molecule has 0 aliphatic rings. The second-order valence-electron chi connectivity index (χ2n) is 11.8. The van der Waals surface area contributed by atoms with Crippen LogP contribution in [0.25, 0.3) is 88.9 Å². The fraction of sp³-hybridized carbons (Fsp3) is 0. The number of hydrogen-bond donors (Lipinski definition) is 0. The van der Waals surface area contributed by atoms with Gasteiger partial charge in [0.2, 0.25) is 0 Å². The molecule has 0 spiro atoms. The fourth-order valence-corrected chi connectivity index (χ4v) is 6.58. The van der Waals surface area contributed by atoms with Crippen molar-refractivity contribution in [1.82, 2.24) is 9.97 Å². The molecule has 2 aromatic heterocycles. The zero-order chi connectivity index (χ0) is 31.2. The third-order valence-electron chi connectivity index (χ3n) is 8.84. The van der Waals surface area contributed by atoms with E-state index in [2.05, 4.69) is 127 Å². The minimum atomic E-state index is 0.697. The molecule has 0 atom stereocenters. The predicted molar refractivity (Wildman–Crippen MR) is 194 cm³/mol. The fourth-order valence-electron chi connectivity index (χ4n) is 6.58. The summed E-state index contributed by atoms with van der Waals surface area (Å²) in [6.45, 7) is 0. The van der Waals surface area contributed by atoms with Gasteiger partial charge in [0.15, 0.2) is 5.82 Å². The predicted octanol–water partition coefficient (Wildman–Crippen LogP) is 11.9. The second-order valence-corrected chi connectivity index (χ2v) is 11.8. The highest BCUT2D eigenvalue weighted by Gasteiger charge is 2.19. The highest BCUT2D eigenvalue weighted by molar-refractivity contribution is 6.21. The molecule has 220 valence electrons. The average Bonchev–Trinajstić information content (AvgIpc) is 3.55. The summed E-state index contributed by atoms with van der Waals surface area (Å²) in [7, 11) is 0. The molecule has 3 nitrogen and oxygen atoms in total. The van der Waals surface area contributed by atoms with E-state index >= 15 is 0 Å². The summed E-state index contributed by atoms with van der Waals surface area (Å²) in [5, 5.41) is 4.47. The van der Waals surface area contributed by atoms with E-state index < -0.39 is 0 Å². The molecule has 0 aliphatic heterocycles. The number of nitrogens with zero attached hydrogens (tertiary/aromatic N) is 2. The number of furan rings is 1. The lowest BCUT2D eigenvalue weighted by Gasteiger charge is -2.14. The Bertz CT molecular complexity index is 2500. The Morgan fingerprint density at radius 1 is 0.383 bits per heavy atom. The summed E-state index contributed by atoms with van der Waals surface area (Å²) >= 11 is 0. The summed E-state index contributed by atoms with van der Waals surface area (Å²) in [6.07, 6.45) is 0. The maximum absolute atomic E-state index is 6.57. The van der Waals surface area contributed by atoms with Gasteiger partial charge in [-0.25, -0.2) is 9.97 Å². The van der Waals surface area contributed by atoms with Crippen molar-refractivity contribution in [3.63, 3.8) is 0 Å². The first kappa shape index (κ1) is 27.0. The van der Waals surface area contributed by atoms with Crippen LogP contribution in [0.5, 0.6) is 0 Å². The van der Waals surface area contributed by atoms with E-state index in [1.165, 1.54) is 0 Å². The van der Waals surface area contributed by atoms with Crippen LogP contribution in [0.15, 0.2) is 174 Å². The molecule has 0 aliphatic carbocycles. The van der Waals surface area contributed by atoms with Crippen LogP contribution in [0.2, 0.25) is 0 Å². The Balaban J connectivity index is 1.35. The number of benzene rings is 7. The van der Waals surface area contributed by atoms with Crippen LogP contribution >= 0.6 is 0 Å². The molecule has 0 radical (unpaired) electrons. The van der Waals surface area contributed by atoms with Gasteiger partial charge in [-0.1, -0.05) is 133 Å². The molecule has 0 bridgehead atoms. The van der Waals surface area contributed by atoms with Gasteiger partial charge in [0.05, 0.1) is 11.4 Å². The highest BCUT2D eigenvalue weighted by atomic mass is 16.3. The van der Waals surface area contributed by atoms with Gasteiger partial charge in [-0.15, -0.1) is 0 Å². The topological polar surface area (TPSA) is 38.9 Å². The molecule has 0 unspecified atom stereocenters. The summed E-state index contributed by atoms with van der Waals surface area (Å²) < 4.78 is 6.57. The number of aromatic nitrogens is 2. The minimum Gasteiger partial charge on any atom is -0.455 e. The van der Waals surface area contributed by atoms with Crippen molar-refractivity contribution in [3.05, 3.63) is 170 Å². The van der Waals surface area contributed by atoms with E-state index in [1.54, 1.807) is 0 Å². The number of para-hydroxylation sites is 1. The molecule has 0 amide bonds. The molecule has 2 heterocycles. The largest absolute Gasteiger partial charge is 0.455 e. The maximum atomic E-state index is 6.57. The van der Waals surface area contributed by atoms with Crippen molar-refractivity contribution in [3.8, 4) is 56.2 Å². The SMILES string of the molecule is c1ccc(-c2cc(-c3cc(-c4ccccc4)nc(-c4ccccc4)n3)cc(-c3cc4ccccc4c4oc5ccccc5c34)c2)cc1. The molecule has 9 rings (SSSR count). The van der Waals surface area contributed by atoms with Crippen molar-refractivity contribution in [2.24, 2.45) is 0 Å². The van der Waals surface area contributed by atoms with E-state index in [4.69, 9.17) is 14.4 Å². The Morgan fingerprint density at radius 3 is 1.68 bits per heavy atom. The Labute approximate surface area is 272 Å². The molecule has 0 fully saturated rings. The van der Waals surface area contributed by atoms with Crippen LogP contribution in [0.4, 0.5) is 0 Å². The van der Waals surface area contributed by atoms with Gasteiger partial charge in [-0.05, 0) is 64.0 Å². The Kier molecular flexibility index (Phi) is 6.46. The minimum absolute atomic E-state index is 0.697. The van der Waals surface area contributed by atoms with Crippen LogP contribution < -0.4 is 0 Å². The summed E-state index contributed by atoms with van der Waals surface area (Å²) in [4.78, 5) is 10.2. The lowest BCUT2D eigenvalue weighted by atomic mass is 9.91. The molecule has 0 saturated heterocycles. The van der Waals surface area contributed by atoms with Crippen molar-refractivity contribution in [2.75, 3.05) is 0 Å². The molecule has 3 heteroatoms. The molecule has 0 saturated carbocycles. The molecular weight excluding hydrogens is 572 g/mol. The third-order valence-corrected chi connectivity index (χ3v) is 8.84. The third kappa shape index (κ3) is 4.86. The van der Waals surface area contributed by atoms with Crippen LogP contribution in [0.1, 0.15) is 0 Å². The van der Waals surface area contributed by atoms with E-state index in [0.29, 0.717) is 5.82 Å². The summed E-state index contributed by atoms with van der Waals surface area (Å²) in [5.74, 6) is 0.697. The first-order valence-electron chi connectivity index (χ1n) is 15.8. The number of hydrogen-bond acceptors (Lipinski definition) is 3. The first-order chi connectivity index (χ1) is 23.3. The normalized spacial score (nSPS) is 11.4. The smallest absolute Gasteiger partial charge is 0.160 e. The lowest BCUT2D eigenvalue weighted by Crippen LogP contribution is -1.96. The molecule has 7 aromatic carbocycles. The number of fused-ring (bicyclic) bond motifs is 5. The monoisotopic (exact) mass is 600 g/mol. The molecular formula is C44H28N2O. The van der Waals surface area contributed by atoms with Gasteiger partial charge in [-0.3, -0.25) is 0 Å². The van der Waals surface area contributed by atoms with Gasteiger partial charge in [-0.2, -0.15) is 0 Å². The van der Waals surface area contributed by atoms with E-state index in [0.717, 1.165) is 83.0 Å². The van der Waals surface area contributed by atoms with Gasteiger partial charge in [0, 0.05) is 32.8 Å². The van der Waals surface area contributed by atoms with Crippen molar-refractivity contribution < 1.29 is 4.42 Å². The zero-order valence-corrected chi connectivity index (χ0v) is 25.5. The van der Waals surface area contributed by atoms with Crippen molar-refractivity contribution in [2.45, 2.75) is 0 Å². The highest BCUT2D eigenvalue weighted by Crippen LogP contribution is 2.43. The van der Waals surface area contributed by atoms with E-state index in [-0.39, 0.29) is 0 Å². The lowest BCUT2D eigenvalue weighted by molar-refractivity contribution is 0.673. The molecule has 47 heavy (non-hydrogen) atoms. The van der Waals surface area contributed by atoms with Crippen LogP contribution in [-0.2, 0) is 0 Å². The van der Waals surface area contributed by atoms with Gasteiger partial charge in [0.1, 0.15) is 11.2 Å². The number of rotatable bonds is 5.